The van der Waals surface area contributed by atoms with Crippen molar-refractivity contribution in [3.05, 3.63) is 52.5 Å². The first-order valence-corrected chi connectivity index (χ1v) is 6.27. The molecular weight excluding hydrogens is 278 g/mol. The lowest BCUT2D eigenvalue weighted by molar-refractivity contribution is -0.110. The van der Waals surface area contributed by atoms with Gasteiger partial charge in [-0.2, -0.15) is 0 Å². The second-order valence-electron chi connectivity index (χ2n) is 4.45. The Balaban J connectivity index is 2.08. The van der Waals surface area contributed by atoms with Gasteiger partial charge >= 0.3 is 0 Å². The average Bonchev–Trinajstić information content (AvgIpc) is 2.69. The van der Waals surface area contributed by atoms with Gasteiger partial charge in [-0.15, -0.1) is 0 Å². The maximum absolute atomic E-state index is 12.0. The number of hydrogen-bond acceptors (Lipinski definition) is 3. The number of phenolic OH excluding ortho intramolecular Hbond substituents is 2. The van der Waals surface area contributed by atoms with Crippen LogP contribution in [-0.2, 0) is 4.79 Å². The Morgan fingerprint density at radius 2 is 1.85 bits per heavy atom. The summed E-state index contributed by atoms with van der Waals surface area (Å²) in [6, 6.07) is 9.54. The quantitative estimate of drug-likeness (QED) is 0.557. The fourth-order valence-corrected chi connectivity index (χ4v) is 2.28. The van der Waals surface area contributed by atoms with E-state index in [2.05, 4.69) is 5.32 Å². The van der Waals surface area contributed by atoms with E-state index in [-0.39, 0.29) is 17.4 Å². The van der Waals surface area contributed by atoms with E-state index in [0.717, 1.165) is 5.56 Å². The SMILES string of the molecule is O=C1Nc2cc(Cl)ccc2/C1=C/c1ccc(O)c(O)c1. The van der Waals surface area contributed by atoms with Crippen LogP contribution in [0.2, 0.25) is 5.02 Å². The molecular formula is C15H10ClNO3. The van der Waals surface area contributed by atoms with E-state index in [0.29, 0.717) is 21.8 Å². The summed E-state index contributed by atoms with van der Waals surface area (Å²) in [6.07, 6.45) is 1.65. The molecule has 0 aliphatic carbocycles. The number of amides is 1. The summed E-state index contributed by atoms with van der Waals surface area (Å²) >= 11 is 5.89. The Morgan fingerprint density at radius 3 is 2.60 bits per heavy atom. The molecule has 0 fully saturated rings. The molecule has 0 unspecified atom stereocenters. The summed E-state index contributed by atoms with van der Waals surface area (Å²) in [5.41, 5.74) is 2.53. The fourth-order valence-electron chi connectivity index (χ4n) is 2.11. The van der Waals surface area contributed by atoms with Crippen molar-refractivity contribution < 1.29 is 15.0 Å². The molecule has 0 atom stereocenters. The van der Waals surface area contributed by atoms with Crippen LogP contribution in [0.3, 0.4) is 0 Å². The molecule has 0 radical (unpaired) electrons. The third-order valence-electron chi connectivity index (χ3n) is 3.08. The minimum absolute atomic E-state index is 0.199. The molecule has 1 aliphatic heterocycles. The summed E-state index contributed by atoms with van der Waals surface area (Å²) in [6.45, 7) is 0. The largest absolute Gasteiger partial charge is 0.504 e. The Hall–Kier alpha value is -2.46. The Morgan fingerprint density at radius 1 is 1.05 bits per heavy atom. The van der Waals surface area contributed by atoms with Gasteiger partial charge in [0.15, 0.2) is 11.5 Å². The van der Waals surface area contributed by atoms with Crippen LogP contribution >= 0.6 is 11.6 Å². The van der Waals surface area contributed by atoms with Crippen molar-refractivity contribution in [3.63, 3.8) is 0 Å². The standard InChI is InChI=1S/C15H10ClNO3/c16-9-2-3-10-11(15(20)17-12(10)7-9)5-8-1-4-13(18)14(19)6-8/h1-7,18-19H,(H,17,20)/b11-5-. The zero-order chi connectivity index (χ0) is 14.3. The van der Waals surface area contributed by atoms with Crippen LogP contribution in [0.4, 0.5) is 5.69 Å². The van der Waals surface area contributed by atoms with Gasteiger partial charge in [0.2, 0.25) is 0 Å². The van der Waals surface area contributed by atoms with Crippen molar-refractivity contribution in [2.45, 2.75) is 0 Å². The van der Waals surface area contributed by atoms with Crippen LogP contribution in [0.15, 0.2) is 36.4 Å². The summed E-state index contributed by atoms with van der Waals surface area (Å²) < 4.78 is 0. The minimum Gasteiger partial charge on any atom is -0.504 e. The first-order chi connectivity index (χ1) is 9.54. The second kappa shape index (κ2) is 4.58. The van der Waals surface area contributed by atoms with Gasteiger partial charge < -0.3 is 15.5 Å². The first-order valence-electron chi connectivity index (χ1n) is 5.89. The smallest absolute Gasteiger partial charge is 0.256 e. The molecule has 0 spiro atoms. The van der Waals surface area contributed by atoms with Gasteiger partial charge in [0, 0.05) is 16.2 Å². The highest BCUT2D eigenvalue weighted by molar-refractivity contribution is 6.36. The van der Waals surface area contributed by atoms with Crippen LogP contribution in [0.25, 0.3) is 11.6 Å². The van der Waals surface area contributed by atoms with Gasteiger partial charge in [-0.3, -0.25) is 4.79 Å². The number of rotatable bonds is 1. The lowest BCUT2D eigenvalue weighted by atomic mass is 10.0. The van der Waals surface area contributed by atoms with E-state index in [9.17, 15) is 15.0 Å². The average molecular weight is 288 g/mol. The number of anilines is 1. The molecule has 1 aliphatic rings. The molecule has 3 N–H and O–H groups in total. The minimum atomic E-state index is -0.228. The van der Waals surface area contributed by atoms with Crippen molar-refractivity contribution in [3.8, 4) is 11.5 Å². The zero-order valence-electron chi connectivity index (χ0n) is 10.2. The maximum Gasteiger partial charge on any atom is 0.256 e. The summed E-state index contributed by atoms with van der Waals surface area (Å²) in [5.74, 6) is -0.654. The Labute approximate surface area is 119 Å². The molecule has 2 aromatic carbocycles. The molecule has 2 aromatic rings. The van der Waals surface area contributed by atoms with Gasteiger partial charge in [0.05, 0.1) is 5.69 Å². The molecule has 20 heavy (non-hydrogen) atoms. The van der Waals surface area contributed by atoms with Crippen molar-refractivity contribution in [1.82, 2.24) is 0 Å². The monoisotopic (exact) mass is 287 g/mol. The lowest BCUT2D eigenvalue weighted by Gasteiger charge is -2.01. The number of aromatic hydroxyl groups is 2. The highest BCUT2D eigenvalue weighted by Crippen LogP contribution is 2.35. The van der Waals surface area contributed by atoms with E-state index in [1.165, 1.54) is 12.1 Å². The van der Waals surface area contributed by atoms with Gasteiger partial charge in [-0.1, -0.05) is 23.7 Å². The van der Waals surface area contributed by atoms with Gasteiger partial charge in [0.1, 0.15) is 0 Å². The third kappa shape index (κ3) is 2.10. The maximum atomic E-state index is 12.0. The number of nitrogens with one attached hydrogen (secondary N) is 1. The fraction of sp³-hybridized carbons (Fsp3) is 0. The van der Waals surface area contributed by atoms with Gasteiger partial charge in [0.25, 0.3) is 5.91 Å². The van der Waals surface area contributed by atoms with Crippen LogP contribution in [-0.4, -0.2) is 16.1 Å². The van der Waals surface area contributed by atoms with Crippen molar-refractivity contribution in [2.24, 2.45) is 0 Å². The Bertz CT molecular complexity index is 753. The molecule has 3 rings (SSSR count). The van der Waals surface area contributed by atoms with E-state index >= 15 is 0 Å². The predicted octanol–water partition coefficient (Wildman–Crippen LogP) is 3.24. The number of benzene rings is 2. The van der Waals surface area contributed by atoms with Crippen molar-refractivity contribution in [2.75, 3.05) is 5.32 Å². The summed E-state index contributed by atoms with van der Waals surface area (Å²) in [5, 5.41) is 22.0. The number of carbonyl (C=O) groups excluding carboxylic acids is 1. The predicted molar refractivity (Wildman–Crippen MR) is 77.7 cm³/mol. The van der Waals surface area contributed by atoms with E-state index in [1.807, 2.05) is 0 Å². The topological polar surface area (TPSA) is 69.6 Å². The lowest BCUT2D eigenvalue weighted by Crippen LogP contribution is -2.03. The second-order valence-corrected chi connectivity index (χ2v) is 4.89. The molecule has 0 saturated heterocycles. The van der Waals surface area contributed by atoms with E-state index in [4.69, 9.17) is 11.6 Å². The number of fused-ring (bicyclic) bond motifs is 1. The van der Waals surface area contributed by atoms with Crippen LogP contribution in [0.1, 0.15) is 11.1 Å². The molecule has 4 nitrogen and oxygen atoms in total. The number of phenols is 2. The van der Waals surface area contributed by atoms with E-state index in [1.54, 1.807) is 30.3 Å². The highest BCUT2D eigenvalue weighted by Gasteiger charge is 2.24. The van der Waals surface area contributed by atoms with Crippen LogP contribution < -0.4 is 5.32 Å². The molecule has 100 valence electrons. The molecule has 0 saturated carbocycles. The third-order valence-corrected chi connectivity index (χ3v) is 3.31. The number of hydrogen-bond donors (Lipinski definition) is 3. The molecule has 5 heteroatoms. The van der Waals surface area contributed by atoms with Gasteiger partial charge in [-0.05, 0) is 35.9 Å². The zero-order valence-corrected chi connectivity index (χ0v) is 11.0. The number of halogens is 1. The summed E-state index contributed by atoms with van der Waals surface area (Å²) in [4.78, 5) is 12.0. The molecule has 1 heterocycles. The van der Waals surface area contributed by atoms with Crippen molar-refractivity contribution in [1.29, 1.82) is 0 Å². The van der Waals surface area contributed by atoms with Gasteiger partial charge in [-0.25, -0.2) is 0 Å². The summed E-state index contributed by atoms with van der Waals surface area (Å²) in [7, 11) is 0. The molecule has 1 amide bonds. The molecule has 0 aromatic heterocycles. The first kappa shape index (κ1) is 12.6. The van der Waals surface area contributed by atoms with Crippen LogP contribution in [0.5, 0.6) is 11.5 Å². The number of carbonyl (C=O) groups is 1. The van der Waals surface area contributed by atoms with Crippen molar-refractivity contribution >= 4 is 34.8 Å². The Kier molecular flexibility index (Phi) is 2.88. The van der Waals surface area contributed by atoms with Crippen LogP contribution in [0, 0.1) is 0 Å². The van der Waals surface area contributed by atoms with E-state index < -0.39 is 0 Å². The molecule has 0 bridgehead atoms. The normalized spacial score (nSPS) is 15.2. The highest BCUT2D eigenvalue weighted by atomic mass is 35.5.